The van der Waals surface area contributed by atoms with Crippen molar-refractivity contribution in [2.75, 3.05) is 0 Å². The van der Waals surface area contributed by atoms with Gasteiger partial charge in [-0.05, 0) is 13.0 Å². The summed E-state index contributed by atoms with van der Waals surface area (Å²) in [5, 5.41) is 11.9. The molecule has 0 aliphatic rings. The molecule has 2 aromatic heterocycles. The summed E-state index contributed by atoms with van der Waals surface area (Å²) in [6.07, 6.45) is 3.56. The van der Waals surface area contributed by atoms with Gasteiger partial charge in [-0.2, -0.15) is 5.26 Å². The predicted octanol–water partition coefficient (Wildman–Crippen LogP) is 3.28. The average molecular weight is 266 g/mol. The van der Waals surface area contributed by atoms with E-state index < -0.39 is 0 Å². The van der Waals surface area contributed by atoms with Crippen LogP contribution in [0.5, 0.6) is 0 Å². The number of hydrogen-bond acceptors (Lipinski definition) is 4. The van der Waals surface area contributed by atoms with Crippen LogP contribution in [0.1, 0.15) is 5.56 Å². The molecule has 0 saturated heterocycles. The largest absolute Gasteiger partial charge is 0.277 e. The number of thioether (sulfide) groups is 1. The number of imidazole rings is 1. The van der Waals surface area contributed by atoms with E-state index in [0.717, 1.165) is 28.0 Å². The molecule has 0 radical (unpaired) electrons. The van der Waals surface area contributed by atoms with Crippen LogP contribution in [0, 0.1) is 17.6 Å². The summed E-state index contributed by atoms with van der Waals surface area (Å²) in [7, 11) is 0. The molecule has 0 spiro atoms. The molecule has 0 fully saturated rings. The number of nitrogens with zero attached hydrogens (tertiary/aromatic N) is 4. The molecular weight excluding hydrogens is 256 g/mol. The van der Waals surface area contributed by atoms with E-state index in [1.807, 2.05) is 47.9 Å². The van der Waals surface area contributed by atoms with E-state index in [1.54, 1.807) is 6.20 Å². The highest BCUT2D eigenvalue weighted by Gasteiger charge is 2.14. The van der Waals surface area contributed by atoms with E-state index in [2.05, 4.69) is 15.4 Å². The van der Waals surface area contributed by atoms with Gasteiger partial charge < -0.3 is 0 Å². The Bertz CT molecular complexity index is 768. The highest BCUT2D eigenvalue weighted by molar-refractivity contribution is 8.03. The van der Waals surface area contributed by atoms with E-state index in [1.165, 1.54) is 5.56 Å². The number of nitriles is 1. The van der Waals surface area contributed by atoms with Crippen molar-refractivity contribution in [3.63, 3.8) is 0 Å². The van der Waals surface area contributed by atoms with Gasteiger partial charge >= 0.3 is 0 Å². The molecule has 0 amide bonds. The minimum absolute atomic E-state index is 0.607. The van der Waals surface area contributed by atoms with Crippen LogP contribution in [-0.2, 0) is 0 Å². The number of thiocyanates is 1. The third kappa shape index (κ3) is 2.07. The number of benzene rings is 1. The molecule has 4 nitrogen and oxygen atoms in total. The standard InChI is InChI=1S/C14H10N4S/c1-10-3-5-11(6-4-10)12-13(19-9-15)18-8-2-7-16-14(18)17-12/h2-8H,1H3. The molecule has 5 heteroatoms. The normalized spacial score (nSPS) is 10.5. The van der Waals surface area contributed by atoms with Crippen LogP contribution < -0.4 is 0 Å². The van der Waals surface area contributed by atoms with Crippen molar-refractivity contribution in [2.45, 2.75) is 11.9 Å². The third-order valence-corrected chi connectivity index (χ3v) is 3.50. The second-order valence-corrected chi connectivity index (χ2v) is 4.89. The van der Waals surface area contributed by atoms with Crippen LogP contribution in [0.4, 0.5) is 0 Å². The van der Waals surface area contributed by atoms with Gasteiger partial charge in [-0.15, -0.1) is 0 Å². The van der Waals surface area contributed by atoms with Gasteiger partial charge in [-0.3, -0.25) is 4.40 Å². The summed E-state index contributed by atoms with van der Waals surface area (Å²) in [6.45, 7) is 2.04. The molecule has 19 heavy (non-hydrogen) atoms. The van der Waals surface area contributed by atoms with Crippen molar-refractivity contribution in [3.05, 3.63) is 48.3 Å². The van der Waals surface area contributed by atoms with Crippen LogP contribution in [-0.4, -0.2) is 14.4 Å². The van der Waals surface area contributed by atoms with Crippen molar-refractivity contribution >= 4 is 17.5 Å². The Hall–Kier alpha value is -2.32. The van der Waals surface area contributed by atoms with E-state index in [0.29, 0.717) is 5.78 Å². The lowest BCUT2D eigenvalue weighted by molar-refractivity contribution is 1.02. The first-order chi connectivity index (χ1) is 9.29. The summed E-state index contributed by atoms with van der Waals surface area (Å²) in [4.78, 5) is 8.73. The zero-order chi connectivity index (χ0) is 13.2. The molecule has 3 rings (SSSR count). The third-order valence-electron chi connectivity index (χ3n) is 2.83. The van der Waals surface area contributed by atoms with Gasteiger partial charge in [0.1, 0.15) is 16.1 Å². The first kappa shape index (κ1) is 11.8. The number of fused-ring (bicyclic) bond motifs is 1. The van der Waals surface area contributed by atoms with Crippen molar-refractivity contribution in [3.8, 4) is 16.7 Å². The Balaban J connectivity index is 2.25. The Kier molecular flexibility index (Phi) is 2.94. The molecule has 0 N–H and O–H groups in total. The first-order valence-corrected chi connectivity index (χ1v) is 6.57. The van der Waals surface area contributed by atoms with Crippen LogP contribution >= 0.6 is 11.8 Å². The van der Waals surface area contributed by atoms with Crippen LogP contribution in [0.25, 0.3) is 17.0 Å². The first-order valence-electron chi connectivity index (χ1n) is 5.75. The lowest BCUT2D eigenvalue weighted by atomic mass is 10.1. The number of aromatic nitrogens is 3. The van der Waals surface area contributed by atoms with Gasteiger partial charge in [0.2, 0.25) is 5.78 Å². The molecule has 0 aliphatic carbocycles. The Morgan fingerprint density at radius 2 is 2.05 bits per heavy atom. The smallest absolute Gasteiger partial charge is 0.235 e. The molecule has 92 valence electrons. The summed E-state index contributed by atoms with van der Waals surface area (Å²) in [5.74, 6) is 0.607. The molecule has 1 aromatic carbocycles. The van der Waals surface area contributed by atoms with Crippen LogP contribution in [0.15, 0.2) is 47.8 Å². The van der Waals surface area contributed by atoms with Crippen LogP contribution in [0.3, 0.4) is 0 Å². The van der Waals surface area contributed by atoms with Gasteiger partial charge in [-0.25, -0.2) is 9.97 Å². The minimum atomic E-state index is 0.607. The number of hydrogen-bond donors (Lipinski definition) is 0. The van der Waals surface area contributed by atoms with Crippen molar-refractivity contribution in [2.24, 2.45) is 0 Å². The predicted molar refractivity (Wildman–Crippen MR) is 74.6 cm³/mol. The monoisotopic (exact) mass is 266 g/mol. The summed E-state index contributed by atoms with van der Waals surface area (Å²) in [6, 6.07) is 9.92. The highest BCUT2D eigenvalue weighted by atomic mass is 32.2. The zero-order valence-electron chi connectivity index (χ0n) is 10.2. The fourth-order valence-electron chi connectivity index (χ4n) is 1.91. The molecule has 0 aliphatic heterocycles. The average Bonchev–Trinajstić information content (AvgIpc) is 2.79. The number of aryl methyl sites for hydroxylation is 1. The Labute approximate surface area is 114 Å². The maximum Gasteiger partial charge on any atom is 0.235 e. The molecule has 2 heterocycles. The lowest BCUT2D eigenvalue weighted by Crippen LogP contribution is -1.87. The topological polar surface area (TPSA) is 54.0 Å². The quantitative estimate of drug-likeness (QED) is 0.527. The lowest BCUT2D eigenvalue weighted by Gasteiger charge is -2.00. The van der Waals surface area contributed by atoms with E-state index in [-0.39, 0.29) is 0 Å². The van der Waals surface area contributed by atoms with E-state index in [9.17, 15) is 0 Å². The maximum atomic E-state index is 8.96. The highest BCUT2D eigenvalue weighted by Crippen LogP contribution is 2.31. The van der Waals surface area contributed by atoms with Crippen molar-refractivity contribution in [1.29, 1.82) is 5.26 Å². The molecule has 0 atom stereocenters. The molecule has 3 aromatic rings. The van der Waals surface area contributed by atoms with Crippen molar-refractivity contribution < 1.29 is 0 Å². The van der Waals surface area contributed by atoms with Crippen molar-refractivity contribution in [1.82, 2.24) is 14.4 Å². The molecule has 0 unspecified atom stereocenters. The Morgan fingerprint density at radius 1 is 1.26 bits per heavy atom. The zero-order valence-corrected chi connectivity index (χ0v) is 11.1. The van der Waals surface area contributed by atoms with Gasteiger partial charge in [-0.1, -0.05) is 29.8 Å². The summed E-state index contributed by atoms with van der Waals surface area (Å²) >= 11 is 1.10. The van der Waals surface area contributed by atoms with E-state index >= 15 is 0 Å². The maximum absolute atomic E-state index is 8.96. The fraction of sp³-hybridized carbons (Fsp3) is 0.0714. The van der Waals surface area contributed by atoms with Gasteiger partial charge in [0.05, 0.1) is 0 Å². The second-order valence-electron chi connectivity index (χ2n) is 4.11. The van der Waals surface area contributed by atoms with E-state index in [4.69, 9.17) is 5.26 Å². The minimum Gasteiger partial charge on any atom is -0.277 e. The Morgan fingerprint density at radius 3 is 2.79 bits per heavy atom. The number of rotatable bonds is 2. The molecule has 0 bridgehead atoms. The molecule has 0 saturated carbocycles. The van der Waals surface area contributed by atoms with Gasteiger partial charge in [0.15, 0.2) is 0 Å². The summed E-state index contributed by atoms with van der Waals surface area (Å²) in [5.41, 5.74) is 2.99. The van der Waals surface area contributed by atoms with Crippen LogP contribution in [0.2, 0.25) is 0 Å². The summed E-state index contributed by atoms with van der Waals surface area (Å²) < 4.78 is 1.84. The molecular formula is C14H10N4S. The van der Waals surface area contributed by atoms with Gasteiger partial charge in [0.25, 0.3) is 0 Å². The second kappa shape index (κ2) is 4.75. The SMILES string of the molecule is Cc1ccc(-c2nc3ncccn3c2SC#N)cc1. The van der Waals surface area contributed by atoms with Gasteiger partial charge in [0, 0.05) is 29.7 Å². The fourth-order valence-corrected chi connectivity index (χ4v) is 2.49.